The maximum atomic E-state index is 12.1. The number of nitrogens with zero attached hydrogens (tertiary/aromatic N) is 1. The van der Waals surface area contributed by atoms with E-state index >= 15 is 0 Å². The summed E-state index contributed by atoms with van der Waals surface area (Å²) in [7, 11) is 3.13. The maximum Gasteiger partial charge on any atom is 0.310 e. The van der Waals surface area contributed by atoms with Crippen molar-refractivity contribution in [2.75, 3.05) is 32.2 Å². The number of benzene rings is 1. The first-order chi connectivity index (χ1) is 10.1. The second-order valence-electron chi connectivity index (χ2n) is 4.61. The molecule has 7 nitrogen and oxygen atoms in total. The van der Waals surface area contributed by atoms with E-state index in [1.54, 1.807) is 25.2 Å². The number of likely N-dealkylation sites (N-methyl/N-ethyl adjacent to an activating group) is 1. The molecule has 0 aliphatic carbocycles. The number of carbonyl (C=O) groups is 3. The zero-order valence-corrected chi connectivity index (χ0v) is 11.9. The van der Waals surface area contributed by atoms with E-state index in [9.17, 15) is 14.4 Å². The van der Waals surface area contributed by atoms with E-state index in [0.29, 0.717) is 12.2 Å². The largest absolute Gasteiger partial charge is 0.383 e. The van der Waals surface area contributed by atoms with Gasteiger partial charge in [-0.3, -0.25) is 14.4 Å². The van der Waals surface area contributed by atoms with Crippen molar-refractivity contribution in [2.45, 2.75) is 6.04 Å². The monoisotopic (exact) mass is 291 g/mol. The first-order valence-electron chi connectivity index (χ1n) is 6.50. The van der Waals surface area contributed by atoms with Gasteiger partial charge in [0.1, 0.15) is 6.04 Å². The average molecular weight is 291 g/mol. The third-order valence-corrected chi connectivity index (χ3v) is 3.26. The SMILES string of the molecule is COCCNC(=O)C(=O)N[C@@H]1C(=O)N(C)c2ccccc21. The number of hydrogen-bond acceptors (Lipinski definition) is 4. The van der Waals surface area contributed by atoms with Crippen molar-refractivity contribution in [3.05, 3.63) is 29.8 Å². The summed E-state index contributed by atoms with van der Waals surface area (Å²) >= 11 is 0. The number of anilines is 1. The molecule has 1 aromatic rings. The van der Waals surface area contributed by atoms with Gasteiger partial charge in [0, 0.05) is 32.0 Å². The second-order valence-corrected chi connectivity index (χ2v) is 4.61. The zero-order valence-electron chi connectivity index (χ0n) is 11.9. The molecule has 0 aromatic heterocycles. The van der Waals surface area contributed by atoms with Gasteiger partial charge < -0.3 is 20.3 Å². The fourth-order valence-electron chi connectivity index (χ4n) is 2.17. The molecule has 1 atom stereocenters. The Labute approximate surface area is 122 Å². The van der Waals surface area contributed by atoms with E-state index in [-0.39, 0.29) is 12.5 Å². The summed E-state index contributed by atoms with van der Waals surface area (Å²) in [4.78, 5) is 37.0. The van der Waals surface area contributed by atoms with Crippen LogP contribution in [0, 0.1) is 0 Å². The van der Waals surface area contributed by atoms with Gasteiger partial charge in [0.15, 0.2) is 0 Å². The Morgan fingerprint density at radius 3 is 2.71 bits per heavy atom. The summed E-state index contributed by atoms with van der Waals surface area (Å²) in [6.07, 6.45) is 0. The number of carbonyl (C=O) groups excluding carboxylic acids is 3. The van der Waals surface area contributed by atoms with Crippen LogP contribution >= 0.6 is 0 Å². The minimum absolute atomic E-state index is 0.234. The van der Waals surface area contributed by atoms with Crippen LogP contribution in [0.5, 0.6) is 0 Å². The number of nitrogens with one attached hydrogen (secondary N) is 2. The predicted molar refractivity (Wildman–Crippen MR) is 75.6 cm³/mol. The number of rotatable bonds is 4. The van der Waals surface area contributed by atoms with Crippen molar-refractivity contribution in [1.82, 2.24) is 10.6 Å². The third kappa shape index (κ3) is 3.03. The first-order valence-corrected chi connectivity index (χ1v) is 6.50. The third-order valence-electron chi connectivity index (χ3n) is 3.26. The minimum atomic E-state index is -0.838. The highest BCUT2D eigenvalue weighted by atomic mass is 16.5. The molecule has 0 spiro atoms. The van der Waals surface area contributed by atoms with Crippen LogP contribution in [0.4, 0.5) is 5.69 Å². The van der Waals surface area contributed by atoms with Gasteiger partial charge >= 0.3 is 11.8 Å². The van der Waals surface area contributed by atoms with Gasteiger partial charge in [0.05, 0.1) is 6.61 Å². The lowest BCUT2D eigenvalue weighted by Gasteiger charge is -2.12. The molecule has 0 unspecified atom stereocenters. The van der Waals surface area contributed by atoms with Crippen molar-refractivity contribution >= 4 is 23.4 Å². The molecule has 1 heterocycles. The molecule has 0 radical (unpaired) electrons. The lowest BCUT2D eigenvalue weighted by molar-refractivity contribution is -0.140. The molecule has 112 valence electrons. The maximum absolute atomic E-state index is 12.1. The molecule has 2 rings (SSSR count). The number of fused-ring (bicyclic) bond motifs is 1. The van der Waals surface area contributed by atoms with Gasteiger partial charge in [-0.1, -0.05) is 18.2 Å². The molecule has 0 fully saturated rings. The van der Waals surface area contributed by atoms with Crippen molar-refractivity contribution in [2.24, 2.45) is 0 Å². The van der Waals surface area contributed by atoms with Crippen LogP contribution in [0.25, 0.3) is 0 Å². The molecule has 7 heteroatoms. The quantitative estimate of drug-likeness (QED) is 0.583. The Morgan fingerprint density at radius 2 is 2.00 bits per heavy atom. The molecule has 0 saturated carbocycles. The summed E-state index contributed by atoms with van der Waals surface area (Å²) in [6.45, 7) is 0.546. The van der Waals surface area contributed by atoms with Gasteiger partial charge in [-0.15, -0.1) is 0 Å². The normalized spacial score (nSPS) is 16.6. The van der Waals surface area contributed by atoms with E-state index < -0.39 is 17.9 Å². The second kappa shape index (κ2) is 6.36. The standard InChI is InChI=1S/C14H17N3O4/c1-17-10-6-4-3-5-9(10)11(14(17)20)16-13(19)12(18)15-7-8-21-2/h3-6,11H,7-8H2,1-2H3,(H,15,18)(H,16,19)/t11-/m0/s1. The van der Waals surface area contributed by atoms with Gasteiger partial charge in [-0.05, 0) is 6.07 Å². The summed E-state index contributed by atoms with van der Waals surface area (Å²) in [5.41, 5.74) is 1.41. The van der Waals surface area contributed by atoms with Crippen LogP contribution in [-0.4, -0.2) is 45.0 Å². The van der Waals surface area contributed by atoms with Crippen LogP contribution in [0.1, 0.15) is 11.6 Å². The molecular weight excluding hydrogens is 274 g/mol. The van der Waals surface area contributed by atoms with Crippen LogP contribution in [0.3, 0.4) is 0 Å². The number of hydrogen-bond donors (Lipinski definition) is 2. The Balaban J connectivity index is 2.04. The van der Waals surface area contributed by atoms with Crippen molar-refractivity contribution < 1.29 is 19.1 Å². The highest BCUT2D eigenvalue weighted by molar-refractivity contribution is 6.35. The number of methoxy groups -OCH3 is 1. The molecule has 1 aliphatic rings. The summed E-state index contributed by atoms with van der Waals surface area (Å²) in [5.74, 6) is -1.89. The molecule has 21 heavy (non-hydrogen) atoms. The van der Waals surface area contributed by atoms with Gasteiger partial charge in [0.25, 0.3) is 5.91 Å². The summed E-state index contributed by atoms with van der Waals surface area (Å²) in [6, 6.07) is 6.31. The number of amides is 3. The van der Waals surface area contributed by atoms with Gasteiger partial charge in [0.2, 0.25) is 0 Å². The zero-order chi connectivity index (χ0) is 15.4. The lowest BCUT2D eigenvalue weighted by atomic mass is 10.1. The van der Waals surface area contributed by atoms with Crippen molar-refractivity contribution in [3.8, 4) is 0 Å². The Kier molecular flexibility index (Phi) is 4.54. The van der Waals surface area contributed by atoms with E-state index in [0.717, 1.165) is 5.69 Å². The van der Waals surface area contributed by atoms with Crippen molar-refractivity contribution in [1.29, 1.82) is 0 Å². The number of para-hydroxylation sites is 1. The van der Waals surface area contributed by atoms with Crippen molar-refractivity contribution in [3.63, 3.8) is 0 Å². The summed E-state index contributed by atoms with van der Waals surface area (Å²) < 4.78 is 4.78. The molecule has 2 N–H and O–H groups in total. The topological polar surface area (TPSA) is 87.7 Å². The van der Waals surface area contributed by atoms with Gasteiger partial charge in [-0.2, -0.15) is 0 Å². The molecule has 1 aromatic carbocycles. The Morgan fingerprint density at radius 1 is 1.29 bits per heavy atom. The van der Waals surface area contributed by atoms with Crippen LogP contribution in [-0.2, 0) is 19.1 Å². The number of ether oxygens (including phenoxy) is 1. The van der Waals surface area contributed by atoms with E-state index in [1.165, 1.54) is 12.0 Å². The van der Waals surface area contributed by atoms with E-state index in [4.69, 9.17) is 4.74 Å². The Hall–Kier alpha value is -2.41. The van der Waals surface area contributed by atoms with E-state index in [2.05, 4.69) is 10.6 Å². The Bertz CT molecular complexity index is 573. The van der Waals surface area contributed by atoms with Crippen LogP contribution < -0.4 is 15.5 Å². The molecule has 0 bridgehead atoms. The highest BCUT2D eigenvalue weighted by Gasteiger charge is 2.36. The molecule has 0 saturated heterocycles. The van der Waals surface area contributed by atoms with Gasteiger partial charge in [-0.25, -0.2) is 0 Å². The lowest BCUT2D eigenvalue weighted by Crippen LogP contribution is -2.44. The predicted octanol–water partition coefficient (Wildman–Crippen LogP) is -0.417. The minimum Gasteiger partial charge on any atom is -0.383 e. The molecule has 1 aliphatic heterocycles. The average Bonchev–Trinajstić information content (AvgIpc) is 2.73. The fourth-order valence-corrected chi connectivity index (χ4v) is 2.17. The molecule has 3 amide bonds. The summed E-state index contributed by atoms with van der Waals surface area (Å²) in [5, 5.41) is 4.87. The van der Waals surface area contributed by atoms with Crippen LogP contribution in [0.2, 0.25) is 0 Å². The smallest absolute Gasteiger partial charge is 0.310 e. The van der Waals surface area contributed by atoms with E-state index in [1.807, 2.05) is 6.07 Å². The molecular formula is C14H17N3O4. The highest BCUT2D eigenvalue weighted by Crippen LogP contribution is 2.34. The first kappa shape index (κ1) is 15.0. The van der Waals surface area contributed by atoms with Crippen LogP contribution in [0.15, 0.2) is 24.3 Å². The fraction of sp³-hybridized carbons (Fsp3) is 0.357.